The molecule has 2 unspecified atom stereocenters. The van der Waals surface area contributed by atoms with E-state index >= 15 is 0 Å². The average molecular weight is 475 g/mol. The van der Waals surface area contributed by atoms with Crippen LogP contribution in [0.4, 0.5) is 10.2 Å². The standard InChI is InChI=1S/C18H22BrClFN5S/c1-5-9(3)14-10(4)22-7-8-26(14)17-11-13(23-18(25-17)27-6-2)12(21)16(20)24-15(11)19/h10,14,22H,3,5-8H2,1-2,4H3. The number of anilines is 1. The van der Waals surface area contributed by atoms with Gasteiger partial charge in [-0.05, 0) is 35.0 Å². The van der Waals surface area contributed by atoms with Gasteiger partial charge in [0.1, 0.15) is 15.9 Å². The van der Waals surface area contributed by atoms with Crippen LogP contribution in [-0.4, -0.2) is 45.9 Å². The van der Waals surface area contributed by atoms with Crippen molar-refractivity contribution in [2.75, 3.05) is 23.7 Å². The predicted octanol–water partition coefficient (Wildman–Crippen LogP) is 4.82. The second kappa shape index (κ2) is 8.59. The number of hydrogen-bond acceptors (Lipinski definition) is 6. The van der Waals surface area contributed by atoms with Crippen molar-refractivity contribution in [1.29, 1.82) is 0 Å². The highest BCUT2D eigenvalue weighted by molar-refractivity contribution is 9.10. The quantitative estimate of drug-likeness (QED) is 0.290. The number of piperazine rings is 1. The van der Waals surface area contributed by atoms with Crippen molar-refractivity contribution >= 4 is 56.0 Å². The van der Waals surface area contributed by atoms with Gasteiger partial charge in [-0.2, -0.15) is 0 Å². The van der Waals surface area contributed by atoms with Gasteiger partial charge in [0, 0.05) is 19.1 Å². The average Bonchev–Trinajstić information content (AvgIpc) is 2.65. The molecule has 5 nitrogen and oxygen atoms in total. The fourth-order valence-electron chi connectivity index (χ4n) is 3.42. The Labute approximate surface area is 176 Å². The van der Waals surface area contributed by atoms with Gasteiger partial charge >= 0.3 is 0 Å². The van der Waals surface area contributed by atoms with Crippen molar-refractivity contribution in [3.05, 3.63) is 27.7 Å². The van der Waals surface area contributed by atoms with Crippen LogP contribution in [0.1, 0.15) is 27.2 Å². The van der Waals surface area contributed by atoms with Crippen molar-refractivity contribution in [2.24, 2.45) is 0 Å². The molecule has 146 valence electrons. The highest BCUT2D eigenvalue weighted by Crippen LogP contribution is 2.37. The molecule has 1 aliphatic heterocycles. The minimum atomic E-state index is -0.620. The summed E-state index contributed by atoms with van der Waals surface area (Å²) in [6.45, 7) is 12.0. The van der Waals surface area contributed by atoms with Crippen LogP contribution in [0.2, 0.25) is 5.15 Å². The Balaban J connectivity index is 2.28. The highest BCUT2D eigenvalue weighted by Gasteiger charge is 2.33. The summed E-state index contributed by atoms with van der Waals surface area (Å²) in [6.07, 6.45) is 0.854. The van der Waals surface area contributed by atoms with Gasteiger partial charge < -0.3 is 10.2 Å². The minimum Gasteiger partial charge on any atom is -0.346 e. The van der Waals surface area contributed by atoms with Gasteiger partial charge in [0.15, 0.2) is 16.1 Å². The minimum absolute atomic E-state index is 0.0481. The predicted molar refractivity (Wildman–Crippen MR) is 114 cm³/mol. The van der Waals surface area contributed by atoms with Crippen LogP contribution in [-0.2, 0) is 0 Å². The second-order valence-corrected chi connectivity index (χ2v) is 8.73. The first-order valence-electron chi connectivity index (χ1n) is 8.91. The summed E-state index contributed by atoms with van der Waals surface area (Å²) in [5.41, 5.74) is 1.29. The van der Waals surface area contributed by atoms with Gasteiger partial charge in [-0.1, -0.05) is 49.4 Å². The lowest BCUT2D eigenvalue weighted by molar-refractivity contribution is 0.411. The number of rotatable bonds is 5. The Bertz CT molecular complexity index is 881. The van der Waals surface area contributed by atoms with Crippen LogP contribution in [0.15, 0.2) is 21.9 Å². The molecule has 0 radical (unpaired) electrons. The number of nitrogens with one attached hydrogen (secondary N) is 1. The van der Waals surface area contributed by atoms with E-state index < -0.39 is 5.82 Å². The van der Waals surface area contributed by atoms with E-state index in [0.717, 1.165) is 30.8 Å². The van der Waals surface area contributed by atoms with Gasteiger partial charge in [-0.15, -0.1) is 0 Å². The van der Waals surface area contributed by atoms with Crippen LogP contribution >= 0.6 is 39.3 Å². The van der Waals surface area contributed by atoms with Crippen LogP contribution in [0, 0.1) is 5.82 Å². The third-order valence-corrected chi connectivity index (χ3v) is 6.26. The Morgan fingerprint density at radius 3 is 2.81 bits per heavy atom. The molecule has 0 aliphatic carbocycles. The SMILES string of the molecule is C=C(CC)C1C(C)NCCN1c1nc(SCC)nc2c(F)c(Cl)nc(Br)c12. The largest absolute Gasteiger partial charge is 0.346 e. The van der Waals surface area contributed by atoms with Crippen molar-refractivity contribution in [3.8, 4) is 0 Å². The summed E-state index contributed by atoms with van der Waals surface area (Å²) < 4.78 is 15.2. The zero-order chi connectivity index (χ0) is 19.7. The second-order valence-electron chi connectivity index (χ2n) is 6.39. The van der Waals surface area contributed by atoms with Gasteiger partial charge in [-0.3, -0.25) is 0 Å². The van der Waals surface area contributed by atoms with Gasteiger partial charge in [-0.25, -0.2) is 19.3 Å². The zero-order valence-corrected chi connectivity index (χ0v) is 18.7. The molecule has 27 heavy (non-hydrogen) atoms. The van der Waals surface area contributed by atoms with Gasteiger partial charge in [0.05, 0.1) is 11.4 Å². The normalized spacial score (nSPS) is 20.3. The number of hydrogen-bond donors (Lipinski definition) is 1. The maximum absolute atomic E-state index is 14.8. The number of pyridine rings is 1. The molecule has 9 heteroatoms. The van der Waals surface area contributed by atoms with Crippen molar-refractivity contribution in [3.63, 3.8) is 0 Å². The monoisotopic (exact) mass is 473 g/mol. The Kier molecular flexibility index (Phi) is 6.61. The van der Waals surface area contributed by atoms with E-state index in [4.69, 9.17) is 16.6 Å². The summed E-state index contributed by atoms with van der Waals surface area (Å²) in [7, 11) is 0. The molecule has 1 saturated heterocycles. The molecule has 1 aliphatic rings. The molecular weight excluding hydrogens is 453 g/mol. The summed E-state index contributed by atoms with van der Waals surface area (Å²) in [5.74, 6) is 0.833. The zero-order valence-electron chi connectivity index (χ0n) is 15.5. The number of aromatic nitrogens is 3. The van der Waals surface area contributed by atoms with Crippen LogP contribution in [0.25, 0.3) is 10.9 Å². The van der Waals surface area contributed by atoms with E-state index in [1.54, 1.807) is 0 Å². The first kappa shape index (κ1) is 20.8. The summed E-state index contributed by atoms with van der Waals surface area (Å²) in [6, 6.07) is 0.245. The summed E-state index contributed by atoms with van der Waals surface area (Å²) in [5, 5.41) is 4.37. The van der Waals surface area contributed by atoms with Crippen molar-refractivity contribution < 1.29 is 4.39 Å². The van der Waals surface area contributed by atoms with E-state index in [9.17, 15) is 4.39 Å². The topological polar surface area (TPSA) is 53.9 Å². The van der Waals surface area contributed by atoms with E-state index in [2.05, 4.69) is 56.5 Å². The first-order valence-corrected chi connectivity index (χ1v) is 11.1. The van der Waals surface area contributed by atoms with E-state index in [1.807, 2.05) is 6.92 Å². The Morgan fingerprint density at radius 2 is 2.15 bits per heavy atom. The van der Waals surface area contributed by atoms with Gasteiger partial charge in [0.25, 0.3) is 0 Å². The highest BCUT2D eigenvalue weighted by atomic mass is 79.9. The maximum Gasteiger partial charge on any atom is 0.190 e. The smallest absolute Gasteiger partial charge is 0.190 e. The van der Waals surface area contributed by atoms with Crippen molar-refractivity contribution in [1.82, 2.24) is 20.3 Å². The lowest BCUT2D eigenvalue weighted by Gasteiger charge is -2.42. The lowest BCUT2D eigenvalue weighted by Crippen LogP contribution is -2.57. The molecule has 1 fully saturated rings. The molecule has 1 N–H and O–H groups in total. The fraction of sp³-hybridized carbons (Fsp3) is 0.500. The van der Waals surface area contributed by atoms with Crippen LogP contribution in [0.3, 0.4) is 0 Å². The maximum atomic E-state index is 14.8. The molecule has 3 heterocycles. The van der Waals surface area contributed by atoms with E-state index in [1.165, 1.54) is 11.8 Å². The number of fused-ring (bicyclic) bond motifs is 1. The van der Waals surface area contributed by atoms with E-state index in [0.29, 0.717) is 21.0 Å². The molecule has 0 amide bonds. The van der Waals surface area contributed by atoms with E-state index in [-0.39, 0.29) is 22.8 Å². The molecule has 3 rings (SSSR count). The Morgan fingerprint density at radius 1 is 1.41 bits per heavy atom. The van der Waals surface area contributed by atoms with Crippen LogP contribution < -0.4 is 10.2 Å². The van der Waals surface area contributed by atoms with Crippen molar-refractivity contribution in [2.45, 2.75) is 44.4 Å². The Hall–Kier alpha value is -0.960. The molecule has 2 atom stereocenters. The fourth-order valence-corrected chi connectivity index (χ4v) is 4.81. The first-order chi connectivity index (χ1) is 12.9. The van der Waals surface area contributed by atoms with Crippen LogP contribution in [0.5, 0.6) is 0 Å². The molecular formula is C18H22BrClFN5S. The third kappa shape index (κ3) is 3.95. The number of halogens is 3. The number of nitrogens with zero attached hydrogens (tertiary/aromatic N) is 4. The third-order valence-electron chi connectivity index (χ3n) is 4.71. The molecule has 0 aromatic carbocycles. The molecule has 0 bridgehead atoms. The summed E-state index contributed by atoms with van der Waals surface area (Å²) in [4.78, 5) is 15.5. The van der Waals surface area contributed by atoms with Gasteiger partial charge in [0.2, 0.25) is 0 Å². The molecule has 0 saturated carbocycles. The lowest BCUT2D eigenvalue weighted by atomic mass is 9.95. The summed E-state index contributed by atoms with van der Waals surface area (Å²) >= 11 is 10.9. The molecule has 0 spiro atoms. The molecule has 2 aromatic heterocycles. The number of thioether (sulfide) groups is 1. The molecule has 2 aromatic rings.